The molecular weight excluding hydrogens is 378 g/mol. The molecular formula is C22H30F2N2O3. The largest absolute Gasteiger partial charge is 0.434 e. The normalized spacial score (nSPS) is 20.5. The fraction of sp³-hybridized carbons (Fsp3) is 0.636. The van der Waals surface area contributed by atoms with Gasteiger partial charge in [-0.1, -0.05) is 44.2 Å². The first-order valence-corrected chi connectivity index (χ1v) is 10.7. The van der Waals surface area contributed by atoms with Crippen LogP contribution in [-0.4, -0.2) is 43.0 Å². The molecule has 1 aliphatic heterocycles. The zero-order valence-electron chi connectivity index (χ0n) is 16.7. The third kappa shape index (κ3) is 6.15. The maximum Gasteiger partial charge on any atom is 0.387 e. The van der Waals surface area contributed by atoms with Crippen LogP contribution >= 0.6 is 0 Å². The van der Waals surface area contributed by atoms with E-state index in [2.05, 4.69) is 10.1 Å². The second-order valence-corrected chi connectivity index (χ2v) is 8.05. The number of nitrogens with zero attached hydrogens (tertiary/aromatic N) is 1. The van der Waals surface area contributed by atoms with Crippen LogP contribution in [0.5, 0.6) is 5.75 Å². The number of nitrogens with one attached hydrogen (secondary N) is 1. The summed E-state index contributed by atoms with van der Waals surface area (Å²) in [5.74, 6) is -0.0787. The molecule has 1 heterocycles. The van der Waals surface area contributed by atoms with Gasteiger partial charge in [0, 0.05) is 19.6 Å². The molecule has 1 aliphatic carbocycles. The van der Waals surface area contributed by atoms with Crippen molar-refractivity contribution in [1.82, 2.24) is 10.2 Å². The fourth-order valence-corrected chi connectivity index (χ4v) is 4.41. The van der Waals surface area contributed by atoms with Crippen molar-refractivity contribution in [2.24, 2.45) is 11.8 Å². The number of carbonyl (C=O) groups excluding carboxylic acids is 2. The van der Waals surface area contributed by atoms with Crippen LogP contribution in [0.2, 0.25) is 0 Å². The number of rotatable bonds is 7. The van der Waals surface area contributed by atoms with Crippen molar-refractivity contribution in [1.29, 1.82) is 0 Å². The van der Waals surface area contributed by atoms with Gasteiger partial charge in [0.1, 0.15) is 5.75 Å². The number of amides is 2. The fourth-order valence-electron chi connectivity index (χ4n) is 4.41. The Balaban J connectivity index is 1.53. The Morgan fingerprint density at radius 2 is 1.86 bits per heavy atom. The molecule has 2 fully saturated rings. The second kappa shape index (κ2) is 10.6. The monoisotopic (exact) mass is 408 g/mol. The minimum atomic E-state index is -2.99. The first-order valence-electron chi connectivity index (χ1n) is 10.7. The summed E-state index contributed by atoms with van der Waals surface area (Å²) in [5.41, 5.74) is 0.103. The molecule has 7 heteroatoms. The summed E-state index contributed by atoms with van der Waals surface area (Å²) in [6.07, 6.45) is 8.85. The van der Waals surface area contributed by atoms with Gasteiger partial charge in [0.05, 0.1) is 11.5 Å². The Bertz CT molecular complexity index is 692. The maximum atomic E-state index is 12.9. The second-order valence-electron chi connectivity index (χ2n) is 8.05. The Morgan fingerprint density at radius 1 is 1.10 bits per heavy atom. The van der Waals surface area contributed by atoms with Crippen LogP contribution in [-0.2, 0) is 4.79 Å². The first-order chi connectivity index (χ1) is 14.0. The van der Waals surface area contributed by atoms with Gasteiger partial charge in [-0.15, -0.1) is 0 Å². The predicted molar refractivity (Wildman–Crippen MR) is 106 cm³/mol. The van der Waals surface area contributed by atoms with E-state index in [1.807, 2.05) is 0 Å². The molecule has 0 aromatic heterocycles. The van der Waals surface area contributed by atoms with Gasteiger partial charge in [0.15, 0.2) is 0 Å². The highest BCUT2D eigenvalue weighted by Gasteiger charge is 2.30. The Kier molecular flexibility index (Phi) is 7.83. The van der Waals surface area contributed by atoms with Crippen molar-refractivity contribution < 1.29 is 23.1 Å². The standard InChI is InChI=1S/C22H30F2N2O3/c23-22(24)29-19-11-5-4-10-18(19)21(28)26-14-6-9-17(15-26)20(27)25-13-12-16-7-2-1-3-8-16/h4-5,10-11,16-17,22H,1-3,6-9,12-15H2,(H,25,27). The first kappa shape index (κ1) is 21.5. The molecule has 29 heavy (non-hydrogen) atoms. The van der Waals surface area contributed by atoms with E-state index in [-0.39, 0.29) is 29.0 Å². The molecule has 1 saturated heterocycles. The van der Waals surface area contributed by atoms with Crippen LogP contribution in [0.15, 0.2) is 24.3 Å². The number of benzene rings is 1. The molecule has 2 amide bonds. The lowest BCUT2D eigenvalue weighted by molar-refractivity contribution is -0.126. The summed E-state index contributed by atoms with van der Waals surface area (Å²) in [4.78, 5) is 27.0. The number of ether oxygens (including phenoxy) is 1. The molecule has 1 atom stereocenters. The molecule has 5 nitrogen and oxygen atoms in total. The third-order valence-corrected chi connectivity index (χ3v) is 5.99. The average Bonchev–Trinajstić information content (AvgIpc) is 2.74. The summed E-state index contributed by atoms with van der Waals surface area (Å²) in [6, 6.07) is 6.00. The van der Waals surface area contributed by atoms with Gasteiger partial charge in [-0.3, -0.25) is 9.59 Å². The summed E-state index contributed by atoms with van der Waals surface area (Å²) in [7, 11) is 0. The van der Waals surface area contributed by atoms with Gasteiger partial charge >= 0.3 is 6.61 Å². The van der Waals surface area contributed by atoms with Crippen molar-refractivity contribution in [3.63, 3.8) is 0 Å². The molecule has 0 spiro atoms. The van der Waals surface area contributed by atoms with Crippen molar-refractivity contribution >= 4 is 11.8 Å². The zero-order chi connectivity index (χ0) is 20.6. The zero-order valence-corrected chi connectivity index (χ0v) is 16.7. The van der Waals surface area contributed by atoms with E-state index < -0.39 is 6.61 Å². The summed E-state index contributed by atoms with van der Waals surface area (Å²) in [5, 5.41) is 3.04. The minimum Gasteiger partial charge on any atom is -0.434 e. The molecule has 3 rings (SSSR count). The van der Waals surface area contributed by atoms with E-state index in [4.69, 9.17) is 0 Å². The molecule has 2 aliphatic rings. The van der Waals surface area contributed by atoms with Crippen LogP contribution in [0.1, 0.15) is 61.7 Å². The lowest BCUT2D eigenvalue weighted by Crippen LogP contribution is -2.45. The molecule has 1 aromatic carbocycles. The summed E-state index contributed by atoms with van der Waals surface area (Å²) in [6.45, 7) is -1.50. The highest BCUT2D eigenvalue weighted by molar-refractivity contribution is 5.97. The Labute approximate surface area is 170 Å². The van der Waals surface area contributed by atoms with Crippen LogP contribution in [0.3, 0.4) is 0 Å². The third-order valence-electron chi connectivity index (χ3n) is 5.99. The predicted octanol–water partition coefficient (Wildman–Crippen LogP) is 4.23. The molecule has 1 unspecified atom stereocenters. The highest BCUT2D eigenvalue weighted by atomic mass is 19.3. The van der Waals surface area contributed by atoms with E-state index in [1.54, 1.807) is 17.0 Å². The lowest BCUT2D eigenvalue weighted by Gasteiger charge is -2.32. The number of carbonyl (C=O) groups is 2. The van der Waals surface area contributed by atoms with Gasteiger partial charge in [-0.05, 0) is 37.3 Å². The van der Waals surface area contributed by atoms with Gasteiger partial charge in [0.25, 0.3) is 5.91 Å². The molecule has 160 valence electrons. The van der Waals surface area contributed by atoms with Crippen molar-refractivity contribution in [2.75, 3.05) is 19.6 Å². The minimum absolute atomic E-state index is 0.0181. The van der Waals surface area contributed by atoms with E-state index in [0.717, 1.165) is 12.8 Å². The van der Waals surface area contributed by atoms with Crippen LogP contribution < -0.4 is 10.1 Å². The Morgan fingerprint density at radius 3 is 2.62 bits per heavy atom. The molecule has 1 N–H and O–H groups in total. The van der Waals surface area contributed by atoms with Crippen LogP contribution in [0.25, 0.3) is 0 Å². The quantitative estimate of drug-likeness (QED) is 0.735. The van der Waals surface area contributed by atoms with Crippen LogP contribution in [0, 0.1) is 11.8 Å². The van der Waals surface area contributed by atoms with E-state index in [0.29, 0.717) is 32.0 Å². The molecule has 0 bridgehead atoms. The average molecular weight is 408 g/mol. The van der Waals surface area contributed by atoms with Gasteiger partial charge in [0.2, 0.25) is 5.91 Å². The lowest BCUT2D eigenvalue weighted by atomic mass is 9.87. The highest BCUT2D eigenvalue weighted by Crippen LogP contribution is 2.27. The van der Waals surface area contributed by atoms with Crippen molar-refractivity contribution in [2.45, 2.75) is 58.0 Å². The van der Waals surface area contributed by atoms with E-state index >= 15 is 0 Å². The maximum absolute atomic E-state index is 12.9. The SMILES string of the molecule is O=C(NCCC1CCCCC1)C1CCCN(C(=O)c2ccccc2OC(F)F)C1. The number of likely N-dealkylation sites (tertiary alicyclic amines) is 1. The summed E-state index contributed by atoms with van der Waals surface area (Å²) >= 11 is 0. The number of halogens is 2. The molecule has 1 aromatic rings. The van der Waals surface area contributed by atoms with Crippen molar-refractivity contribution in [3.05, 3.63) is 29.8 Å². The van der Waals surface area contributed by atoms with Gasteiger partial charge in [-0.25, -0.2) is 0 Å². The number of alkyl halides is 2. The number of hydrogen-bond donors (Lipinski definition) is 1. The van der Waals surface area contributed by atoms with Gasteiger partial charge in [-0.2, -0.15) is 8.78 Å². The Hall–Kier alpha value is -2.18. The molecule has 1 saturated carbocycles. The topological polar surface area (TPSA) is 58.6 Å². The number of piperidine rings is 1. The number of hydrogen-bond acceptors (Lipinski definition) is 3. The number of para-hydroxylation sites is 1. The summed E-state index contributed by atoms with van der Waals surface area (Å²) < 4.78 is 29.7. The smallest absolute Gasteiger partial charge is 0.387 e. The van der Waals surface area contributed by atoms with E-state index in [1.165, 1.54) is 44.2 Å². The van der Waals surface area contributed by atoms with E-state index in [9.17, 15) is 18.4 Å². The van der Waals surface area contributed by atoms with Crippen molar-refractivity contribution in [3.8, 4) is 5.75 Å². The molecule has 0 radical (unpaired) electrons. The van der Waals surface area contributed by atoms with Gasteiger partial charge < -0.3 is 15.0 Å². The van der Waals surface area contributed by atoms with Crippen LogP contribution in [0.4, 0.5) is 8.78 Å².